The molecule has 42 heavy (non-hydrogen) atoms. The monoisotopic (exact) mass is 574 g/mol. The third-order valence-electron chi connectivity index (χ3n) is 8.72. The molecule has 0 aromatic heterocycles. The lowest BCUT2D eigenvalue weighted by Crippen LogP contribution is -2.45. The fourth-order valence-electron chi connectivity index (χ4n) is 6.64. The average molecular weight is 575 g/mol. The van der Waals surface area contributed by atoms with Gasteiger partial charge < -0.3 is 19.5 Å². The van der Waals surface area contributed by atoms with Crippen molar-refractivity contribution < 1.29 is 28.6 Å². The lowest BCUT2D eigenvalue weighted by atomic mass is 9.79. The van der Waals surface area contributed by atoms with Crippen LogP contribution in [-0.2, 0) is 14.3 Å². The van der Waals surface area contributed by atoms with Crippen LogP contribution in [-0.4, -0.2) is 54.7 Å². The maximum absolute atomic E-state index is 14.2. The van der Waals surface area contributed by atoms with Crippen LogP contribution in [0.15, 0.2) is 77.6 Å². The molecular weight excluding hydrogens is 535 g/mol. The van der Waals surface area contributed by atoms with Crippen molar-refractivity contribution >= 4 is 17.6 Å². The number of carboxylic acid groups (broad SMARTS) is 1. The third-order valence-corrected chi connectivity index (χ3v) is 8.72. The average Bonchev–Trinajstić information content (AvgIpc) is 3.59. The van der Waals surface area contributed by atoms with Crippen molar-refractivity contribution in [3.05, 3.63) is 94.5 Å². The van der Waals surface area contributed by atoms with E-state index >= 15 is 0 Å². The Morgan fingerprint density at radius 3 is 2.62 bits per heavy atom. The summed E-state index contributed by atoms with van der Waals surface area (Å²) in [6, 6.07) is 11.5. The second-order valence-corrected chi connectivity index (χ2v) is 11.4. The van der Waals surface area contributed by atoms with Gasteiger partial charge in [-0.1, -0.05) is 37.1 Å². The zero-order chi connectivity index (χ0) is 30.0. The highest BCUT2D eigenvalue weighted by Gasteiger charge is 2.49. The van der Waals surface area contributed by atoms with Gasteiger partial charge in [0.15, 0.2) is 0 Å². The van der Waals surface area contributed by atoms with Crippen LogP contribution >= 0.6 is 0 Å². The Hall–Kier alpha value is -3.91. The first-order valence-electron chi connectivity index (χ1n) is 14.6. The largest absolute Gasteiger partial charge is 0.497 e. The second kappa shape index (κ2) is 12.5. The summed E-state index contributed by atoms with van der Waals surface area (Å²) in [5.41, 5.74) is 4.05. The SMILES string of the molecule is CCCC(C)N(C(=O)CN1C[C@H](C2=CC=C3OCC=C3C2)[C@H](C(=O)O)[C@H]1c1ccc(OC)cc1)c1ccc(F)c(C)c1. The second-order valence-electron chi connectivity index (χ2n) is 11.4. The summed E-state index contributed by atoms with van der Waals surface area (Å²) in [5.74, 6) is -0.889. The van der Waals surface area contributed by atoms with Crippen LogP contribution in [0.25, 0.3) is 0 Å². The van der Waals surface area contributed by atoms with Crippen molar-refractivity contribution in [1.29, 1.82) is 0 Å². The highest BCUT2D eigenvalue weighted by molar-refractivity contribution is 5.95. The summed E-state index contributed by atoms with van der Waals surface area (Å²) < 4.78 is 25.2. The Morgan fingerprint density at radius 2 is 1.95 bits per heavy atom. The van der Waals surface area contributed by atoms with Crippen LogP contribution in [0.1, 0.15) is 50.3 Å². The number of hydrogen-bond acceptors (Lipinski definition) is 5. The molecule has 2 heterocycles. The lowest BCUT2D eigenvalue weighted by molar-refractivity contribution is -0.143. The number of nitrogens with zero attached hydrogens (tertiary/aromatic N) is 2. The number of methoxy groups -OCH3 is 1. The minimum absolute atomic E-state index is 0.0294. The summed E-state index contributed by atoms with van der Waals surface area (Å²) >= 11 is 0. The number of aryl methyl sites for hydroxylation is 1. The summed E-state index contributed by atoms with van der Waals surface area (Å²) in [5, 5.41) is 10.6. The van der Waals surface area contributed by atoms with E-state index in [1.165, 1.54) is 6.07 Å². The predicted molar refractivity (Wildman–Crippen MR) is 160 cm³/mol. The molecule has 0 bridgehead atoms. The van der Waals surface area contributed by atoms with E-state index in [9.17, 15) is 19.1 Å². The van der Waals surface area contributed by atoms with E-state index in [2.05, 4.69) is 6.92 Å². The number of anilines is 1. The molecule has 2 aliphatic heterocycles. The molecule has 1 unspecified atom stereocenters. The molecule has 4 atom stereocenters. The number of carboxylic acids is 1. The van der Waals surface area contributed by atoms with E-state index in [4.69, 9.17) is 9.47 Å². The highest BCUT2D eigenvalue weighted by atomic mass is 19.1. The molecule has 1 aliphatic carbocycles. The van der Waals surface area contributed by atoms with E-state index in [1.54, 1.807) is 31.1 Å². The first-order chi connectivity index (χ1) is 20.2. The van der Waals surface area contributed by atoms with Gasteiger partial charge >= 0.3 is 5.97 Å². The minimum Gasteiger partial charge on any atom is -0.497 e. The topological polar surface area (TPSA) is 79.3 Å². The molecule has 0 saturated carbocycles. The van der Waals surface area contributed by atoms with Crippen molar-refractivity contribution in [2.45, 2.75) is 52.1 Å². The third kappa shape index (κ3) is 5.86. The number of ether oxygens (including phenoxy) is 2. The fraction of sp³-hybridized carbons (Fsp3) is 0.412. The van der Waals surface area contributed by atoms with E-state index in [0.717, 1.165) is 35.3 Å². The first-order valence-corrected chi connectivity index (χ1v) is 14.6. The standard InChI is InChI=1S/C34H39FN2O5/c1-5-6-22(3)37(26-10-13-29(35)21(2)17-26)31(38)20-36-19-28(24-9-14-30-25(18-24)15-16-42-30)32(34(39)40)33(36)23-7-11-27(41-4)12-8-23/h7-15,17,22,28,32-33H,5-6,16,18-20H2,1-4H3,(H,39,40)/t22?,28-,32+,33-/m1/s1. The molecule has 2 aromatic rings. The highest BCUT2D eigenvalue weighted by Crippen LogP contribution is 2.47. The molecule has 3 aliphatic rings. The summed E-state index contributed by atoms with van der Waals surface area (Å²) in [6.07, 6.45) is 8.26. The number of halogens is 1. The molecule has 2 aromatic carbocycles. The first kappa shape index (κ1) is 29.6. The summed E-state index contributed by atoms with van der Waals surface area (Å²) in [4.78, 5) is 30.9. The number of rotatable bonds is 10. The van der Waals surface area contributed by atoms with Crippen molar-refractivity contribution in [2.24, 2.45) is 11.8 Å². The Kier molecular flexibility index (Phi) is 8.82. The number of hydrogen-bond donors (Lipinski definition) is 1. The van der Waals surface area contributed by atoms with Crippen LogP contribution < -0.4 is 9.64 Å². The summed E-state index contributed by atoms with van der Waals surface area (Å²) in [7, 11) is 1.59. The lowest BCUT2D eigenvalue weighted by Gasteiger charge is -2.33. The maximum atomic E-state index is 14.2. The van der Waals surface area contributed by atoms with Gasteiger partial charge in [0, 0.05) is 30.2 Å². The van der Waals surface area contributed by atoms with Gasteiger partial charge in [-0.2, -0.15) is 0 Å². The maximum Gasteiger partial charge on any atom is 0.309 e. The van der Waals surface area contributed by atoms with Crippen molar-refractivity contribution in [1.82, 2.24) is 4.90 Å². The molecular formula is C34H39FN2O5. The van der Waals surface area contributed by atoms with Gasteiger partial charge in [0.05, 0.1) is 19.6 Å². The molecule has 8 heteroatoms. The molecule has 7 nitrogen and oxygen atoms in total. The summed E-state index contributed by atoms with van der Waals surface area (Å²) in [6.45, 7) is 6.74. The number of benzene rings is 2. The van der Waals surface area contributed by atoms with E-state index in [0.29, 0.717) is 36.6 Å². The van der Waals surface area contributed by atoms with Gasteiger partial charge in [-0.25, -0.2) is 4.39 Å². The van der Waals surface area contributed by atoms with Crippen molar-refractivity contribution in [3.8, 4) is 5.75 Å². The Morgan fingerprint density at radius 1 is 1.19 bits per heavy atom. The van der Waals surface area contributed by atoms with Crippen LogP contribution in [0.3, 0.4) is 0 Å². The predicted octanol–water partition coefficient (Wildman–Crippen LogP) is 6.21. The Balaban J connectivity index is 1.52. The van der Waals surface area contributed by atoms with E-state index < -0.39 is 17.9 Å². The smallest absolute Gasteiger partial charge is 0.309 e. The van der Waals surface area contributed by atoms with Crippen LogP contribution in [0.2, 0.25) is 0 Å². The zero-order valence-electron chi connectivity index (χ0n) is 24.7. The number of fused-ring (bicyclic) bond motifs is 1. The fourth-order valence-corrected chi connectivity index (χ4v) is 6.64. The number of aliphatic carboxylic acids is 1. The van der Waals surface area contributed by atoms with Gasteiger partial charge in [-0.05, 0) is 85.9 Å². The van der Waals surface area contributed by atoms with Crippen LogP contribution in [0.4, 0.5) is 10.1 Å². The number of carbonyl (C=O) groups excluding carboxylic acids is 1. The molecule has 1 amide bonds. The number of allylic oxidation sites excluding steroid dienone is 3. The molecule has 1 saturated heterocycles. The Labute approximate surface area is 246 Å². The van der Waals surface area contributed by atoms with Crippen molar-refractivity contribution in [3.63, 3.8) is 0 Å². The Bertz CT molecular complexity index is 1430. The minimum atomic E-state index is -0.895. The van der Waals surface area contributed by atoms with Gasteiger partial charge in [0.2, 0.25) is 5.91 Å². The quantitative estimate of drug-likeness (QED) is 0.364. The molecule has 0 radical (unpaired) electrons. The molecule has 0 spiro atoms. The van der Waals surface area contributed by atoms with Gasteiger partial charge in [-0.15, -0.1) is 0 Å². The number of carbonyl (C=O) groups is 2. The molecule has 222 valence electrons. The van der Waals surface area contributed by atoms with Crippen molar-refractivity contribution in [2.75, 3.05) is 31.7 Å². The number of amides is 1. The normalized spacial score (nSPS) is 22.4. The molecule has 1 N–H and O–H groups in total. The van der Waals surface area contributed by atoms with E-state index in [1.807, 2.05) is 54.3 Å². The van der Waals surface area contributed by atoms with Crippen LogP contribution in [0.5, 0.6) is 5.75 Å². The number of likely N-dealkylation sites (tertiary alicyclic amines) is 1. The molecule has 5 rings (SSSR count). The molecule has 1 fully saturated rings. The zero-order valence-corrected chi connectivity index (χ0v) is 24.7. The van der Waals surface area contributed by atoms with Gasteiger partial charge in [0.1, 0.15) is 23.9 Å². The van der Waals surface area contributed by atoms with Crippen LogP contribution in [0, 0.1) is 24.6 Å². The van der Waals surface area contributed by atoms with Gasteiger partial charge in [0.25, 0.3) is 0 Å². The van der Waals surface area contributed by atoms with E-state index in [-0.39, 0.29) is 30.2 Å². The van der Waals surface area contributed by atoms with Gasteiger partial charge in [-0.3, -0.25) is 14.5 Å².